The van der Waals surface area contributed by atoms with E-state index < -0.39 is 0 Å². The van der Waals surface area contributed by atoms with Gasteiger partial charge in [-0.25, -0.2) is 0 Å². The molecular formula is C14H20N4O. The minimum absolute atomic E-state index is 0.0561. The molecule has 3 aliphatic rings. The number of fused-ring (bicyclic) bond motifs is 5. The van der Waals surface area contributed by atoms with Crippen molar-refractivity contribution < 1.29 is 4.79 Å². The standard InChI is InChI=1S/C14H20N4O/c1-6-11(15)13(18(2)17-6)14(19)16-12-9-7-3-4-8(5-7)10(9)12/h7-10,12H,3-5,15H2,1-2H3,(H,16,19). The monoisotopic (exact) mass is 260 g/mol. The molecular weight excluding hydrogens is 240 g/mol. The summed E-state index contributed by atoms with van der Waals surface area (Å²) in [6.07, 6.45) is 4.13. The van der Waals surface area contributed by atoms with Crippen LogP contribution >= 0.6 is 0 Å². The maximum Gasteiger partial charge on any atom is 0.271 e. The Kier molecular flexibility index (Phi) is 2.10. The van der Waals surface area contributed by atoms with Crippen molar-refractivity contribution in [2.45, 2.75) is 32.2 Å². The van der Waals surface area contributed by atoms with E-state index >= 15 is 0 Å². The summed E-state index contributed by atoms with van der Waals surface area (Å²) in [6.45, 7) is 1.83. The number of rotatable bonds is 2. The third kappa shape index (κ3) is 1.41. The fourth-order valence-corrected chi connectivity index (χ4v) is 4.68. The molecule has 1 aromatic heterocycles. The zero-order valence-electron chi connectivity index (χ0n) is 11.4. The van der Waals surface area contributed by atoms with Crippen LogP contribution in [-0.4, -0.2) is 21.7 Å². The predicted molar refractivity (Wildman–Crippen MR) is 71.4 cm³/mol. The molecule has 0 saturated heterocycles. The van der Waals surface area contributed by atoms with Crippen molar-refractivity contribution in [1.29, 1.82) is 0 Å². The minimum Gasteiger partial charge on any atom is -0.395 e. The molecule has 5 heteroatoms. The number of anilines is 1. The van der Waals surface area contributed by atoms with Gasteiger partial charge in [0.15, 0.2) is 0 Å². The molecule has 4 atom stereocenters. The van der Waals surface area contributed by atoms with E-state index in [1.54, 1.807) is 11.7 Å². The van der Waals surface area contributed by atoms with Crippen molar-refractivity contribution in [3.8, 4) is 0 Å². The lowest BCUT2D eigenvalue weighted by molar-refractivity contribution is 0.0935. The SMILES string of the molecule is Cc1nn(C)c(C(=O)NC2C3C4CCC(C4)C23)c1N. The second kappa shape index (κ2) is 3.52. The van der Waals surface area contributed by atoms with Crippen LogP contribution in [0.2, 0.25) is 0 Å². The molecule has 1 amide bonds. The van der Waals surface area contributed by atoms with Crippen LogP contribution in [0.4, 0.5) is 5.69 Å². The lowest BCUT2D eigenvalue weighted by atomic mass is 10.0. The third-order valence-corrected chi connectivity index (χ3v) is 5.52. The summed E-state index contributed by atoms with van der Waals surface area (Å²) >= 11 is 0. The molecule has 0 radical (unpaired) electrons. The Balaban J connectivity index is 1.51. The van der Waals surface area contributed by atoms with Gasteiger partial charge in [-0.3, -0.25) is 9.48 Å². The maximum absolute atomic E-state index is 12.4. The first-order valence-corrected chi connectivity index (χ1v) is 7.18. The van der Waals surface area contributed by atoms with Gasteiger partial charge in [0, 0.05) is 13.1 Å². The van der Waals surface area contributed by atoms with Gasteiger partial charge in [0.2, 0.25) is 0 Å². The Morgan fingerprint density at radius 2 is 2.00 bits per heavy atom. The number of nitrogens with one attached hydrogen (secondary N) is 1. The lowest BCUT2D eigenvalue weighted by Gasteiger charge is -2.11. The molecule has 3 saturated carbocycles. The lowest BCUT2D eigenvalue weighted by Crippen LogP contribution is -2.31. The number of nitrogens with two attached hydrogens (primary N) is 1. The van der Waals surface area contributed by atoms with Crippen molar-refractivity contribution in [3.63, 3.8) is 0 Å². The predicted octanol–water partition coefficient (Wildman–Crippen LogP) is 1.09. The van der Waals surface area contributed by atoms with Gasteiger partial charge in [0.25, 0.3) is 5.91 Å². The number of nitrogens with zero attached hydrogens (tertiary/aromatic N) is 2. The molecule has 19 heavy (non-hydrogen) atoms. The number of amides is 1. The van der Waals surface area contributed by atoms with Crippen molar-refractivity contribution in [3.05, 3.63) is 11.4 Å². The summed E-state index contributed by atoms with van der Waals surface area (Å²) < 4.78 is 1.59. The van der Waals surface area contributed by atoms with Crippen LogP contribution in [0.5, 0.6) is 0 Å². The quantitative estimate of drug-likeness (QED) is 0.836. The number of hydrogen-bond acceptors (Lipinski definition) is 3. The number of nitrogen functional groups attached to an aromatic ring is 1. The molecule has 0 spiro atoms. The summed E-state index contributed by atoms with van der Waals surface area (Å²) in [7, 11) is 1.77. The minimum atomic E-state index is -0.0561. The van der Waals surface area contributed by atoms with Crippen LogP contribution < -0.4 is 11.1 Å². The summed E-state index contributed by atoms with van der Waals surface area (Å²) in [5.74, 6) is 3.17. The highest BCUT2D eigenvalue weighted by atomic mass is 16.2. The van der Waals surface area contributed by atoms with Crippen molar-refractivity contribution >= 4 is 11.6 Å². The summed E-state index contributed by atoms with van der Waals surface area (Å²) in [4.78, 5) is 12.4. The Hall–Kier alpha value is -1.52. The van der Waals surface area contributed by atoms with Crippen molar-refractivity contribution in [1.82, 2.24) is 15.1 Å². The van der Waals surface area contributed by atoms with Crippen molar-refractivity contribution in [2.75, 3.05) is 5.73 Å². The first-order chi connectivity index (χ1) is 9.08. The zero-order chi connectivity index (χ0) is 13.3. The van der Waals surface area contributed by atoms with Crippen molar-refractivity contribution in [2.24, 2.45) is 30.7 Å². The molecule has 3 fully saturated rings. The second-order valence-corrected chi connectivity index (χ2v) is 6.46. The fraction of sp³-hybridized carbons (Fsp3) is 0.714. The second-order valence-electron chi connectivity index (χ2n) is 6.46. The average molecular weight is 260 g/mol. The average Bonchev–Trinajstić information content (AvgIpc) is 2.71. The van der Waals surface area contributed by atoms with Gasteiger partial charge in [-0.05, 0) is 49.9 Å². The Morgan fingerprint density at radius 1 is 1.37 bits per heavy atom. The molecule has 4 rings (SSSR count). The maximum atomic E-state index is 12.4. The van der Waals surface area contributed by atoms with Gasteiger partial charge >= 0.3 is 0 Å². The van der Waals surface area contributed by atoms with Gasteiger partial charge < -0.3 is 11.1 Å². The summed E-state index contributed by atoms with van der Waals surface area (Å²) in [5, 5.41) is 7.39. The Bertz CT molecular complexity index is 548. The van der Waals surface area contributed by atoms with E-state index in [1.165, 1.54) is 19.3 Å². The van der Waals surface area contributed by atoms with Gasteiger partial charge in [0.1, 0.15) is 5.69 Å². The van der Waals surface area contributed by atoms with E-state index in [2.05, 4.69) is 10.4 Å². The van der Waals surface area contributed by atoms with Crippen LogP contribution in [0.1, 0.15) is 35.4 Å². The van der Waals surface area contributed by atoms with Gasteiger partial charge in [-0.1, -0.05) is 0 Å². The molecule has 5 nitrogen and oxygen atoms in total. The topological polar surface area (TPSA) is 72.9 Å². The van der Waals surface area contributed by atoms with Crippen LogP contribution in [-0.2, 0) is 7.05 Å². The molecule has 0 aliphatic heterocycles. The molecule has 3 aliphatic carbocycles. The smallest absolute Gasteiger partial charge is 0.271 e. The van der Waals surface area contributed by atoms with Crippen LogP contribution in [0.25, 0.3) is 0 Å². The third-order valence-electron chi connectivity index (χ3n) is 5.52. The van der Waals surface area contributed by atoms with E-state index in [9.17, 15) is 4.79 Å². The Labute approximate surface area is 112 Å². The first-order valence-electron chi connectivity index (χ1n) is 7.18. The summed E-state index contributed by atoms with van der Waals surface area (Å²) in [5.41, 5.74) is 7.68. The molecule has 1 heterocycles. The highest BCUT2D eigenvalue weighted by molar-refractivity contribution is 5.98. The number of carbonyl (C=O) groups is 1. The van der Waals surface area contributed by atoms with Crippen LogP contribution in [0, 0.1) is 30.6 Å². The molecule has 102 valence electrons. The van der Waals surface area contributed by atoms with E-state index in [0.29, 0.717) is 17.4 Å². The van der Waals surface area contributed by atoms with Crippen LogP contribution in [0.15, 0.2) is 0 Å². The molecule has 0 aromatic carbocycles. The van der Waals surface area contributed by atoms with E-state index in [-0.39, 0.29) is 5.91 Å². The van der Waals surface area contributed by atoms with Gasteiger partial charge in [0.05, 0.1) is 11.4 Å². The number of hydrogen-bond donors (Lipinski definition) is 2. The summed E-state index contributed by atoms with van der Waals surface area (Å²) in [6, 6.07) is 0.397. The Morgan fingerprint density at radius 3 is 2.53 bits per heavy atom. The van der Waals surface area contributed by atoms with E-state index in [0.717, 1.165) is 29.4 Å². The molecule has 1 aromatic rings. The van der Waals surface area contributed by atoms with Gasteiger partial charge in [-0.15, -0.1) is 0 Å². The zero-order valence-corrected chi connectivity index (χ0v) is 11.4. The largest absolute Gasteiger partial charge is 0.395 e. The fourth-order valence-electron chi connectivity index (χ4n) is 4.68. The molecule has 4 unspecified atom stereocenters. The normalized spacial score (nSPS) is 38.3. The van der Waals surface area contributed by atoms with Crippen LogP contribution in [0.3, 0.4) is 0 Å². The van der Waals surface area contributed by atoms with E-state index in [4.69, 9.17) is 5.73 Å². The molecule has 2 bridgehead atoms. The highest BCUT2D eigenvalue weighted by Gasteiger charge is 2.65. The highest BCUT2D eigenvalue weighted by Crippen LogP contribution is 2.65. The number of aromatic nitrogens is 2. The van der Waals surface area contributed by atoms with Gasteiger partial charge in [-0.2, -0.15) is 5.10 Å². The number of carbonyl (C=O) groups excluding carboxylic acids is 1. The number of aryl methyl sites for hydroxylation is 2. The first kappa shape index (κ1) is 11.3. The van der Waals surface area contributed by atoms with E-state index in [1.807, 2.05) is 6.92 Å². The molecule has 3 N–H and O–H groups in total.